The summed E-state index contributed by atoms with van der Waals surface area (Å²) in [7, 11) is 0. The Morgan fingerprint density at radius 2 is 1.71 bits per heavy atom. The first-order valence-corrected chi connectivity index (χ1v) is 2.56. The van der Waals surface area contributed by atoms with Gasteiger partial charge in [-0.2, -0.15) is 0 Å². The molecule has 0 bridgehead atoms. The summed E-state index contributed by atoms with van der Waals surface area (Å²) in [6.07, 6.45) is 1.91. The normalized spacial score (nSPS) is 14.3. The lowest BCUT2D eigenvalue weighted by Crippen LogP contribution is -2.03. The van der Waals surface area contributed by atoms with E-state index in [2.05, 4.69) is 0 Å². The molecule has 0 saturated heterocycles. The Morgan fingerprint density at radius 1 is 1.29 bits per heavy atom. The van der Waals surface area contributed by atoms with Crippen molar-refractivity contribution in [3.63, 3.8) is 0 Å². The highest BCUT2D eigenvalue weighted by molar-refractivity contribution is 5.53. The molecule has 41 valence electrons. The topological polar surface area (TPSA) is 17.1 Å². The Labute approximate surface area is 44.7 Å². The fraction of sp³-hybridized carbons (Fsp3) is 0.833. The fourth-order valence-corrected chi connectivity index (χ4v) is 0.136. The Bertz CT molecular complexity index is 57.2. The summed E-state index contributed by atoms with van der Waals surface area (Å²) < 4.78 is 0. The SMILES string of the molecule is CC(C)C(C)[C]=O. The van der Waals surface area contributed by atoms with Crippen molar-refractivity contribution in [2.45, 2.75) is 20.8 Å². The Morgan fingerprint density at radius 3 is 1.71 bits per heavy atom. The van der Waals surface area contributed by atoms with Gasteiger partial charge in [0.1, 0.15) is 0 Å². The van der Waals surface area contributed by atoms with Crippen LogP contribution in [0, 0.1) is 11.8 Å². The van der Waals surface area contributed by atoms with Crippen LogP contribution in [0.1, 0.15) is 20.8 Å². The molecule has 0 heterocycles. The van der Waals surface area contributed by atoms with Crippen molar-refractivity contribution < 1.29 is 4.79 Å². The van der Waals surface area contributed by atoms with E-state index in [-0.39, 0.29) is 5.92 Å². The van der Waals surface area contributed by atoms with Crippen LogP contribution in [-0.2, 0) is 4.79 Å². The van der Waals surface area contributed by atoms with Gasteiger partial charge in [-0.3, -0.25) is 4.79 Å². The Balaban J connectivity index is 3.33. The lowest BCUT2D eigenvalue weighted by Gasteiger charge is -2.03. The van der Waals surface area contributed by atoms with Crippen molar-refractivity contribution in [1.29, 1.82) is 0 Å². The first-order chi connectivity index (χ1) is 3.18. The van der Waals surface area contributed by atoms with Crippen molar-refractivity contribution in [3.05, 3.63) is 0 Å². The summed E-state index contributed by atoms with van der Waals surface area (Å²) in [6.45, 7) is 5.89. The van der Waals surface area contributed by atoms with Crippen molar-refractivity contribution in [1.82, 2.24) is 0 Å². The third-order valence-corrected chi connectivity index (χ3v) is 1.19. The molecule has 1 atom stereocenters. The molecule has 1 nitrogen and oxygen atoms in total. The van der Waals surface area contributed by atoms with Crippen LogP contribution in [0.4, 0.5) is 0 Å². The second kappa shape index (κ2) is 2.78. The summed E-state index contributed by atoms with van der Waals surface area (Å²) >= 11 is 0. The van der Waals surface area contributed by atoms with Gasteiger partial charge in [-0.25, -0.2) is 0 Å². The number of hydrogen-bond acceptors (Lipinski definition) is 1. The van der Waals surface area contributed by atoms with Gasteiger partial charge in [-0.05, 0) is 5.92 Å². The maximum absolute atomic E-state index is 9.82. The van der Waals surface area contributed by atoms with E-state index in [1.165, 1.54) is 0 Å². The Kier molecular flexibility index (Phi) is 2.65. The summed E-state index contributed by atoms with van der Waals surface area (Å²) in [6, 6.07) is 0. The molecular weight excluding hydrogens is 88.1 g/mol. The van der Waals surface area contributed by atoms with E-state index in [1.54, 1.807) is 0 Å². The molecule has 0 aliphatic heterocycles. The molecule has 0 fully saturated rings. The molecule has 1 heteroatoms. The minimum absolute atomic E-state index is 0.0972. The minimum Gasteiger partial charge on any atom is -0.291 e. The smallest absolute Gasteiger partial charge is 0.201 e. The maximum atomic E-state index is 9.82. The van der Waals surface area contributed by atoms with E-state index in [0.29, 0.717) is 5.92 Å². The predicted molar refractivity (Wildman–Crippen MR) is 29.7 cm³/mol. The Hall–Kier alpha value is -0.330. The van der Waals surface area contributed by atoms with Crippen LogP contribution in [0.3, 0.4) is 0 Å². The molecule has 0 rings (SSSR count). The molecule has 0 spiro atoms. The standard InChI is InChI=1S/C6H11O/c1-5(2)6(3)4-7/h5-6H,1-3H3. The van der Waals surface area contributed by atoms with Gasteiger partial charge in [-0.1, -0.05) is 20.8 Å². The van der Waals surface area contributed by atoms with E-state index in [9.17, 15) is 4.79 Å². The second-order valence-corrected chi connectivity index (χ2v) is 2.15. The van der Waals surface area contributed by atoms with Crippen molar-refractivity contribution in [3.8, 4) is 0 Å². The third kappa shape index (κ3) is 2.38. The third-order valence-electron chi connectivity index (χ3n) is 1.19. The zero-order valence-corrected chi connectivity index (χ0v) is 5.06. The summed E-state index contributed by atoms with van der Waals surface area (Å²) in [5.74, 6) is 0.539. The summed E-state index contributed by atoms with van der Waals surface area (Å²) in [5, 5.41) is 0. The van der Waals surface area contributed by atoms with Crippen LogP contribution in [-0.4, -0.2) is 6.29 Å². The molecule has 0 aromatic rings. The molecule has 0 aromatic heterocycles. The lowest BCUT2D eigenvalue weighted by molar-refractivity contribution is 0.471. The van der Waals surface area contributed by atoms with Crippen molar-refractivity contribution >= 4 is 6.29 Å². The molecule has 0 N–H and O–H groups in total. The zero-order chi connectivity index (χ0) is 5.86. The van der Waals surface area contributed by atoms with Crippen molar-refractivity contribution in [2.24, 2.45) is 11.8 Å². The van der Waals surface area contributed by atoms with E-state index in [4.69, 9.17) is 0 Å². The van der Waals surface area contributed by atoms with Gasteiger partial charge in [0.25, 0.3) is 0 Å². The molecule has 0 aliphatic carbocycles. The minimum atomic E-state index is 0.0972. The van der Waals surface area contributed by atoms with E-state index < -0.39 is 0 Å². The van der Waals surface area contributed by atoms with Gasteiger partial charge in [0, 0.05) is 5.92 Å². The molecule has 0 aliphatic rings. The summed E-state index contributed by atoms with van der Waals surface area (Å²) in [5.41, 5.74) is 0. The van der Waals surface area contributed by atoms with Gasteiger partial charge in [0.05, 0.1) is 0 Å². The van der Waals surface area contributed by atoms with Gasteiger partial charge >= 0.3 is 0 Å². The zero-order valence-electron chi connectivity index (χ0n) is 5.06. The monoisotopic (exact) mass is 99.1 g/mol. The molecule has 7 heavy (non-hydrogen) atoms. The quantitative estimate of drug-likeness (QED) is 0.511. The molecule has 0 amide bonds. The summed E-state index contributed by atoms with van der Waals surface area (Å²) in [4.78, 5) is 9.82. The van der Waals surface area contributed by atoms with E-state index >= 15 is 0 Å². The highest BCUT2D eigenvalue weighted by atomic mass is 16.1. The van der Waals surface area contributed by atoms with Gasteiger partial charge in [-0.15, -0.1) is 0 Å². The van der Waals surface area contributed by atoms with Crippen LogP contribution in [0.2, 0.25) is 0 Å². The predicted octanol–water partition coefficient (Wildman–Crippen LogP) is 1.39. The first kappa shape index (κ1) is 6.67. The number of hydrogen-bond donors (Lipinski definition) is 0. The molecule has 0 aromatic carbocycles. The molecule has 1 unspecified atom stereocenters. The van der Waals surface area contributed by atoms with E-state index in [1.807, 2.05) is 27.1 Å². The largest absolute Gasteiger partial charge is 0.291 e. The number of carbonyl (C=O) groups excluding carboxylic acids is 1. The van der Waals surface area contributed by atoms with Crippen LogP contribution in [0.25, 0.3) is 0 Å². The van der Waals surface area contributed by atoms with Gasteiger partial charge in [0.2, 0.25) is 6.29 Å². The van der Waals surface area contributed by atoms with Crippen LogP contribution in [0.15, 0.2) is 0 Å². The maximum Gasteiger partial charge on any atom is 0.201 e. The van der Waals surface area contributed by atoms with Crippen LogP contribution in [0.5, 0.6) is 0 Å². The highest BCUT2D eigenvalue weighted by Crippen LogP contribution is 2.04. The highest BCUT2D eigenvalue weighted by Gasteiger charge is 2.03. The second-order valence-electron chi connectivity index (χ2n) is 2.15. The van der Waals surface area contributed by atoms with Gasteiger partial charge in [0.15, 0.2) is 0 Å². The average Bonchev–Trinajstić information content (AvgIpc) is 1.65. The first-order valence-electron chi connectivity index (χ1n) is 2.56. The van der Waals surface area contributed by atoms with Crippen LogP contribution < -0.4 is 0 Å². The molecule has 1 radical (unpaired) electrons. The molecular formula is C6H11O. The van der Waals surface area contributed by atoms with Crippen LogP contribution >= 0.6 is 0 Å². The van der Waals surface area contributed by atoms with Gasteiger partial charge < -0.3 is 0 Å². The van der Waals surface area contributed by atoms with Crippen molar-refractivity contribution in [2.75, 3.05) is 0 Å². The number of rotatable bonds is 2. The lowest BCUT2D eigenvalue weighted by atomic mass is 10.0. The van der Waals surface area contributed by atoms with E-state index in [0.717, 1.165) is 0 Å². The fourth-order valence-electron chi connectivity index (χ4n) is 0.136. The average molecular weight is 99.2 g/mol. The molecule has 0 saturated carbocycles.